The number of halogens is 1. The molecule has 0 aliphatic rings. The summed E-state index contributed by atoms with van der Waals surface area (Å²) in [4.78, 5) is 25.7. The Balaban J connectivity index is 2.05. The summed E-state index contributed by atoms with van der Waals surface area (Å²) in [6, 6.07) is 9.10. The van der Waals surface area contributed by atoms with E-state index >= 15 is 0 Å². The van der Waals surface area contributed by atoms with Gasteiger partial charge in [0.05, 0.1) is 4.92 Å². The van der Waals surface area contributed by atoms with Crippen LogP contribution in [0.25, 0.3) is 6.08 Å². The van der Waals surface area contributed by atoms with Crippen LogP contribution in [-0.2, 0) is 4.79 Å². The Morgan fingerprint density at radius 1 is 1.33 bits per heavy atom. The maximum absolute atomic E-state index is 11.7. The van der Waals surface area contributed by atoms with Crippen LogP contribution in [0, 0.1) is 10.1 Å². The molecule has 0 saturated carbocycles. The number of nitrogens with zero attached hydrogens (tertiary/aromatic N) is 2. The lowest BCUT2D eigenvalue weighted by Gasteiger charge is -2.01. The van der Waals surface area contributed by atoms with Crippen LogP contribution in [-0.4, -0.2) is 15.8 Å². The summed E-state index contributed by atoms with van der Waals surface area (Å²) in [6.45, 7) is 0. The zero-order valence-electron chi connectivity index (χ0n) is 10.7. The van der Waals surface area contributed by atoms with Gasteiger partial charge in [-0.2, -0.15) is 0 Å². The van der Waals surface area contributed by atoms with E-state index < -0.39 is 4.92 Å². The van der Waals surface area contributed by atoms with E-state index in [0.717, 1.165) is 0 Å². The van der Waals surface area contributed by atoms with Crippen LogP contribution in [0.5, 0.6) is 0 Å². The fraction of sp³-hybridized carbons (Fsp3) is 0. The molecular formula is C14H10ClN3O3. The van der Waals surface area contributed by atoms with E-state index in [1.54, 1.807) is 18.2 Å². The van der Waals surface area contributed by atoms with Crippen LogP contribution < -0.4 is 5.32 Å². The van der Waals surface area contributed by atoms with Crippen LogP contribution in [0.3, 0.4) is 0 Å². The first-order chi connectivity index (χ1) is 10.0. The van der Waals surface area contributed by atoms with Gasteiger partial charge in [0.1, 0.15) is 5.15 Å². The topological polar surface area (TPSA) is 85.1 Å². The minimum atomic E-state index is -0.490. The Hall–Kier alpha value is -2.73. The lowest BCUT2D eigenvalue weighted by atomic mass is 10.2. The van der Waals surface area contributed by atoms with E-state index in [1.165, 1.54) is 36.5 Å². The molecule has 0 spiro atoms. The molecule has 0 saturated heterocycles. The van der Waals surface area contributed by atoms with Gasteiger partial charge in [-0.1, -0.05) is 23.7 Å². The Morgan fingerprint density at radius 3 is 2.86 bits per heavy atom. The first kappa shape index (κ1) is 14.7. The van der Waals surface area contributed by atoms with Crippen LogP contribution in [0.2, 0.25) is 5.15 Å². The maximum Gasteiger partial charge on any atom is 0.270 e. The van der Waals surface area contributed by atoms with Gasteiger partial charge in [0.25, 0.3) is 5.69 Å². The van der Waals surface area contributed by atoms with Gasteiger partial charge < -0.3 is 5.32 Å². The van der Waals surface area contributed by atoms with Gasteiger partial charge in [-0.15, -0.1) is 0 Å². The molecule has 1 N–H and O–H groups in total. The third-order valence-electron chi connectivity index (χ3n) is 2.50. The minimum Gasteiger partial charge on any atom is -0.322 e. The number of carbonyl (C=O) groups is 1. The molecular weight excluding hydrogens is 294 g/mol. The molecule has 0 atom stereocenters. The molecule has 0 bridgehead atoms. The number of nitrogens with one attached hydrogen (secondary N) is 1. The van der Waals surface area contributed by atoms with Crippen molar-refractivity contribution in [2.75, 3.05) is 5.32 Å². The Kier molecular flexibility index (Phi) is 4.63. The van der Waals surface area contributed by atoms with Crippen LogP contribution in [0.1, 0.15) is 5.56 Å². The lowest BCUT2D eigenvalue weighted by Crippen LogP contribution is -2.07. The standard InChI is InChI=1S/C14H10ClN3O3/c15-13-9-11(6-7-16-13)17-14(19)5-4-10-2-1-3-12(8-10)18(20)21/h1-9H,(H,16,17,19)/b5-4+. The number of anilines is 1. The number of hydrogen-bond donors (Lipinski definition) is 1. The molecule has 21 heavy (non-hydrogen) atoms. The second kappa shape index (κ2) is 6.62. The highest BCUT2D eigenvalue weighted by molar-refractivity contribution is 6.29. The van der Waals surface area contributed by atoms with Crippen molar-refractivity contribution in [3.63, 3.8) is 0 Å². The van der Waals surface area contributed by atoms with Crippen LogP contribution in [0.15, 0.2) is 48.7 Å². The molecule has 106 valence electrons. The van der Waals surface area contributed by atoms with Crippen molar-refractivity contribution in [1.29, 1.82) is 0 Å². The van der Waals surface area contributed by atoms with E-state index in [2.05, 4.69) is 10.3 Å². The molecule has 0 fully saturated rings. The molecule has 1 amide bonds. The maximum atomic E-state index is 11.7. The van der Waals surface area contributed by atoms with Crippen LogP contribution >= 0.6 is 11.6 Å². The fourth-order valence-corrected chi connectivity index (χ4v) is 1.75. The fourth-order valence-electron chi connectivity index (χ4n) is 1.58. The van der Waals surface area contributed by atoms with Gasteiger partial charge in [-0.05, 0) is 23.8 Å². The summed E-state index contributed by atoms with van der Waals surface area (Å²) in [5.41, 5.74) is 1.05. The number of nitro benzene ring substituents is 1. The molecule has 0 aliphatic carbocycles. The third-order valence-corrected chi connectivity index (χ3v) is 2.71. The van der Waals surface area contributed by atoms with Crippen molar-refractivity contribution in [1.82, 2.24) is 4.98 Å². The number of benzene rings is 1. The predicted molar refractivity (Wildman–Crippen MR) is 80.0 cm³/mol. The average molecular weight is 304 g/mol. The van der Waals surface area contributed by atoms with E-state index in [-0.39, 0.29) is 16.7 Å². The van der Waals surface area contributed by atoms with Crippen molar-refractivity contribution in [3.8, 4) is 0 Å². The average Bonchev–Trinajstić information content (AvgIpc) is 2.45. The summed E-state index contributed by atoms with van der Waals surface area (Å²) >= 11 is 5.70. The van der Waals surface area contributed by atoms with E-state index in [1.807, 2.05) is 0 Å². The molecule has 1 heterocycles. The van der Waals surface area contributed by atoms with Crippen molar-refractivity contribution in [3.05, 3.63) is 69.5 Å². The molecule has 1 aromatic heterocycles. The normalized spacial score (nSPS) is 10.5. The molecule has 1 aromatic carbocycles. The highest BCUT2D eigenvalue weighted by Gasteiger charge is 2.04. The Labute approximate surface area is 125 Å². The largest absolute Gasteiger partial charge is 0.322 e. The van der Waals surface area contributed by atoms with Gasteiger partial charge in [0.2, 0.25) is 5.91 Å². The van der Waals surface area contributed by atoms with E-state index in [9.17, 15) is 14.9 Å². The number of hydrogen-bond acceptors (Lipinski definition) is 4. The lowest BCUT2D eigenvalue weighted by molar-refractivity contribution is -0.384. The van der Waals surface area contributed by atoms with Gasteiger partial charge >= 0.3 is 0 Å². The molecule has 7 heteroatoms. The number of rotatable bonds is 4. The Morgan fingerprint density at radius 2 is 2.14 bits per heavy atom. The monoisotopic (exact) mass is 303 g/mol. The van der Waals surface area contributed by atoms with E-state index in [4.69, 9.17) is 11.6 Å². The molecule has 2 rings (SSSR count). The summed E-state index contributed by atoms with van der Waals surface area (Å²) in [5, 5.41) is 13.5. The summed E-state index contributed by atoms with van der Waals surface area (Å²) in [6.07, 6.45) is 4.25. The zero-order chi connectivity index (χ0) is 15.2. The van der Waals surface area contributed by atoms with Gasteiger partial charge in [0, 0.05) is 30.1 Å². The summed E-state index contributed by atoms with van der Waals surface area (Å²) < 4.78 is 0. The minimum absolute atomic E-state index is 0.0292. The summed E-state index contributed by atoms with van der Waals surface area (Å²) in [7, 11) is 0. The van der Waals surface area contributed by atoms with Crippen LogP contribution in [0.4, 0.5) is 11.4 Å². The summed E-state index contributed by atoms with van der Waals surface area (Å²) in [5.74, 6) is -0.372. The third kappa shape index (κ3) is 4.39. The molecule has 0 unspecified atom stereocenters. The number of nitro groups is 1. The molecule has 0 radical (unpaired) electrons. The predicted octanol–water partition coefficient (Wildman–Crippen LogP) is 3.30. The number of amides is 1. The smallest absolute Gasteiger partial charge is 0.270 e. The van der Waals surface area contributed by atoms with E-state index in [0.29, 0.717) is 11.3 Å². The van der Waals surface area contributed by atoms with Gasteiger partial charge in [-0.25, -0.2) is 4.98 Å². The second-order valence-electron chi connectivity index (χ2n) is 4.04. The van der Waals surface area contributed by atoms with Crippen molar-refractivity contribution >= 4 is 35.0 Å². The highest BCUT2D eigenvalue weighted by atomic mass is 35.5. The second-order valence-corrected chi connectivity index (χ2v) is 4.43. The molecule has 2 aromatic rings. The van der Waals surface area contributed by atoms with Gasteiger partial charge in [0.15, 0.2) is 0 Å². The quantitative estimate of drug-likeness (QED) is 0.406. The van der Waals surface area contributed by atoms with Crippen molar-refractivity contribution < 1.29 is 9.72 Å². The van der Waals surface area contributed by atoms with Gasteiger partial charge in [-0.3, -0.25) is 14.9 Å². The van der Waals surface area contributed by atoms with Crippen molar-refractivity contribution in [2.24, 2.45) is 0 Å². The first-order valence-electron chi connectivity index (χ1n) is 5.90. The highest BCUT2D eigenvalue weighted by Crippen LogP contribution is 2.15. The molecule has 0 aliphatic heterocycles. The zero-order valence-corrected chi connectivity index (χ0v) is 11.4. The van der Waals surface area contributed by atoms with Crippen molar-refractivity contribution in [2.45, 2.75) is 0 Å². The molecule has 6 nitrogen and oxygen atoms in total. The Bertz CT molecular complexity index is 716. The number of pyridine rings is 1. The first-order valence-corrected chi connectivity index (χ1v) is 6.27. The number of carbonyl (C=O) groups excluding carboxylic acids is 1. The number of non-ortho nitro benzene ring substituents is 1. The number of aromatic nitrogens is 1. The SMILES string of the molecule is O=C(/C=C/c1cccc([N+](=O)[O-])c1)Nc1ccnc(Cl)c1.